The monoisotopic (exact) mass is 384 g/mol. The zero-order valence-electron chi connectivity index (χ0n) is 16.3. The lowest BCUT2D eigenvalue weighted by atomic mass is 10.0. The predicted octanol–water partition coefficient (Wildman–Crippen LogP) is 4.42. The van der Waals surface area contributed by atoms with Gasteiger partial charge in [0.15, 0.2) is 6.29 Å². The summed E-state index contributed by atoms with van der Waals surface area (Å²) in [7, 11) is 0. The van der Waals surface area contributed by atoms with Gasteiger partial charge in [0.1, 0.15) is 0 Å². The molecule has 150 valence electrons. The van der Waals surface area contributed by atoms with Gasteiger partial charge in [0.2, 0.25) is 0 Å². The van der Waals surface area contributed by atoms with E-state index in [4.69, 9.17) is 18.9 Å². The van der Waals surface area contributed by atoms with Crippen molar-refractivity contribution in [2.75, 3.05) is 13.2 Å². The molecule has 3 rings (SSSR count). The van der Waals surface area contributed by atoms with Crippen LogP contribution < -0.4 is 0 Å². The Morgan fingerprint density at radius 3 is 2.39 bits per heavy atom. The summed E-state index contributed by atoms with van der Waals surface area (Å²) < 4.78 is 23.1. The molecule has 28 heavy (non-hydrogen) atoms. The van der Waals surface area contributed by atoms with Crippen molar-refractivity contribution in [1.29, 1.82) is 0 Å². The number of rotatable bonds is 9. The van der Waals surface area contributed by atoms with Crippen molar-refractivity contribution in [1.82, 2.24) is 0 Å². The first-order valence-corrected chi connectivity index (χ1v) is 9.87. The first-order valence-electron chi connectivity index (χ1n) is 9.87. The van der Waals surface area contributed by atoms with Crippen molar-refractivity contribution in [2.24, 2.45) is 0 Å². The highest BCUT2D eigenvalue weighted by Gasteiger charge is 2.32. The molecule has 5 heteroatoms. The minimum atomic E-state index is -0.478. The zero-order valence-corrected chi connectivity index (χ0v) is 16.3. The summed E-state index contributed by atoms with van der Waals surface area (Å²) in [6.45, 7) is 3.36. The highest BCUT2D eigenvalue weighted by molar-refractivity contribution is 5.69. The normalized spacial score (nSPS) is 22.0. The van der Waals surface area contributed by atoms with Crippen molar-refractivity contribution in [3.8, 4) is 0 Å². The van der Waals surface area contributed by atoms with Gasteiger partial charge < -0.3 is 18.9 Å². The van der Waals surface area contributed by atoms with Crippen LogP contribution in [-0.4, -0.2) is 31.4 Å². The Kier molecular flexibility index (Phi) is 8.03. The van der Waals surface area contributed by atoms with Gasteiger partial charge in [0.05, 0.1) is 31.8 Å². The number of hydrogen-bond donors (Lipinski definition) is 0. The first-order chi connectivity index (χ1) is 13.7. The summed E-state index contributed by atoms with van der Waals surface area (Å²) >= 11 is 0. The van der Waals surface area contributed by atoms with Gasteiger partial charge in [-0.3, -0.25) is 4.79 Å². The lowest BCUT2D eigenvalue weighted by Gasteiger charge is -2.35. The van der Waals surface area contributed by atoms with Gasteiger partial charge >= 0.3 is 5.97 Å². The van der Waals surface area contributed by atoms with Gasteiger partial charge in [-0.15, -0.1) is 0 Å². The molecule has 0 amide bonds. The van der Waals surface area contributed by atoms with E-state index in [-0.39, 0.29) is 24.6 Å². The lowest BCUT2D eigenvalue weighted by Crippen LogP contribution is -2.36. The van der Waals surface area contributed by atoms with E-state index in [1.165, 1.54) is 0 Å². The van der Waals surface area contributed by atoms with Crippen molar-refractivity contribution in [2.45, 2.75) is 51.3 Å². The van der Waals surface area contributed by atoms with E-state index in [9.17, 15) is 4.79 Å². The van der Waals surface area contributed by atoms with E-state index >= 15 is 0 Å². The Hall–Kier alpha value is -2.21. The number of carbonyl (C=O) groups is 1. The largest absolute Gasteiger partial charge is 0.466 e. The molecule has 1 unspecified atom stereocenters. The van der Waals surface area contributed by atoms with E-state index in [0.29, 0.717) is 26.2 Å². The summed E-state index contributed by atoms with van der Waals surface area (Å²) in [5.74, 6) is -0.236. The van der Waals surface area contributed by atoms with Crippen molar-refractivity contribution in [3.05, 3.63) is 71.8 Å². The van der Waals surface area contributed by atoms with Gasteiger partial charge in [0.25, 0.3) is 0 Å². The predicted molar refractivity (Wildman–Crippen MR) is 106 cm³/mol. The highest BCUT2D eigenvalue weighted by Crippen LogP contribution is 2.32. The zero-order chi connectivity index (χ0) is 19.6. The maximum atomic E-state index is 11.9. The molecule has 0 aromatic heterocycles. The Bertz CT molecular complexity index is 703. The van der Waals surface area contributed by atoms with Crippen molar-refractivity contribution in [3.63, 3.8) is 0 Å². The van der Waals surface area contributed by atoms with E-state index in [0.717, 1.165) is 17.5 Å². The number of benzene rings is 2. The molecule has 0 radical (unpaired) electrons. The molecule has 0 saturated carbocycles. The second-order valence-electron chi connectivity index (χ2n) is 6.83. The van der Waals surface area contributed by atoms with Crippen LogP contribution in [0.15, 0.2) is 60.7 Å². The van der Waals surface area contributed by atoms with Crippen LogP contribution in [0.25, 0.3) is 0 Å². The van der Waals surface area contributed by atoms with Crippen LogP contribution in [-0.2, 0) is 30.3 Å². The van der Waals surface area contributed by atoms with Crippen LogP contribution in [0.2, 0.25) is 0 Å². The van der Waals surface area contributed by atoms with E-state index < -0.39 is 6.29 Å². The van der Waals surface area contributed by atoms with Gasteiger partial charge in [-0.25, -0.2) is 0 Å². The number of ether oxygens (including phenoxy) is 4. The molecular formula is C23H28O5. The third kappa shape index (κ3) is 6.44. The molecule has 5 nitrogen and oxygen atoms in total. The number of hydrogen-bond acceptors (Lipinski definition) is 5. The minimum absolute atomic E-state index is 0.0332. The molecule has 0 spiro atoms. The van der Waals surface area contributed by atoms with E-state index in [1.807, 2.05) is 67.6 Å². The van der Waals surface area contributed by atoms with Gasteiger partial charge in [-0.1, -0.05) is 60.7 Å². The summed E-state index contributed by atoms with van der Waals surface area (Å²) in [6.07, 6.45) is 0.900. The molecule has 1 saturated heterocycles. The molecular weight excluding hydrogens is 356 g/mol. The number of carbonyl (C=O) groups excluding carboxylic acids is 1. The topological polar surface area (TPSA) is 54.0 Å². The highest BCUT2D eigenvalue weighted by atomic mass is 16.7. The van der Waals surface area contributed by atoms with Gasteiger partial charge in [-0.2, -0.15) is 0 Å². The third-order valence-corrected chi connectivity index (χ3v) is 4.62. The second kappa shape index (κ2) is 11.0. The molecule has 1 fully saturated rings. The minimum Gasteiger partial charge on any atom is -0.466 e. The first kappa shape index (κ1) is 20.5. The van der Waals surface area contributed by atoms with E-state index in [1.54, 1.807) is 0 Å². The Morgan fingerprint density at radius 1 is 1.00 bits per heavy atom. The molecule has 3 atom stereocenters. The number of esters is 1. The second-order valence-corrected chi connectivity index (χ2v) is 6.83. The fraction of sp³-hybridized carbons (Fsp3) is 0.435. The molecule has 1 aliphatic rings. The molecule has 1 heterocycles. The molecule has 1 aliphatic heterocycles. The van der Waals surface area contributed by atoms with Gasteiger partial charge in [-0.05, 0) is 18.9 Å². The van der Waals surface area contributed by atoms with Crippen LogP contribution in [0.4, 0.5) is 0 Å². The quantitative estimate of drug-likeness (QED) is 0.473. The molecule has 2 aromatic rings. The fourth-order valence-electron chi connectivity index (χ4n) is 3.26. The standard InChI is InChI=1S/C23H28O5/c1-2-26-22(24)16-21-15-20(13-14-25-17-18-9-5-3-6-10-18)27-23(28-21)19-11-7-4-8-12-19/h3-12,20-21,23H,2,13-17H2,1H3/t20-,21-,23?/m1/s1. The third-order valence-electron chi connectivity index (χ3n) is 4.62. The molecule has 0 bridgehead atoms. The SMILES string of the molecule is CCOC(=O)C[C@H]1C[C@@H](CCOCc2ccccc2)OC(c2ccccc2)O1. The van der Waals surface area contributed by atoms with Crippen LogP contribution in [0.1, 0.15) is 43.6 Å². The average molecular weight is 384 g/mol. The average Bonchev–Trinajstić information content (AvgIpc) is 2.73. The Balaban J connectivity index is 1.54. The summed E-state index contributed by atoms with van der Waals surface area (Å²) in [4.78, 5) is 11.9. The van der Waals surface area contributed by atoms with Crippen molar-refractivity contribution < 1.29 is 23.7 Å². The Labute approximate surface area is 166 Å². The van der Waals surface area contributed by atoms with Crippen LogP contribution in [0.5, 0.6) is 0 Å². The van der Waals surface area contributed by atoms with Crippen LogP contribution in [0.3, 0.4) is 0 Å². The van der Waals surface area contributed by atoms with E-state index in [2.05, 4.69) is 0 Å². The lowest BCUT2D eigenvalue weighted by molar-refractivity contribution is -0.251. The van der Waals surface area contributed by atoms with Crippen LogP contribution in [0, 0.1) is 0 Å². The molecule has 0 N–H and O–H groups in total. The maximum Gasteiger partial charge on any atom is 0.308 e. The molecule has 2 aromatic carbocycles. The van der Waals surface area contributed by atoms with Gasteiger partial charge in [0, 0.05) is 18.6 Å². The van der Waals surface area contributed by atoms with Crippen molar-refractivity contribution >= 4 is 5.97 Å². The molecule has 0 aliphatic carbocycles. The summed E-state index contributed by atoms with van der Waals surface area (Å²) in [5.41, 5.74) is 2.10. The summed E-state index contributed by atoms with van der Waals surface area (Å²) in [6, 6.07) is 19.9. The summed E-state index contributed by atoms with van der Waals surface area (Å²) in [5, 5.41) is 0. The smallest absolute Gasteiger partial charge is 0.308 e. The Morgan fingerprint density at radius 2 is 1.68 bits per heavy atom. The fourth-order valence-corrected chi connectivity index (χ4v) is 3.26. The van der Waals surface area contributed by atoms with Crippen LogP contribution >= 0.6 is 0 Å². The maximum absolute atomic E-state index is 11.9.